The van der Waals surface area contributed by atoms with Crippen LogP contribution in [0.2, 0.25) is 0 Å². The molecule has 0 unspecified atom stereocenters. The van der Waals surface area contributed by atoms with Gasteiger partial charge in [-0.1, -0.05) is 18.2 Å². The molecule has 3 heteroatoms. The fourth-order valence-electron chi connectivity index (χ4n) is 5.63. The first-order valence-corrected chi connectivity index (χ1v) is 10.2. The Morgan fingerprint density at radius 3 is 2.79 bits per heavy atom. The molecule has 3 aromatic carbocycles. The van der Waals surface area contributed by atoms with Crippen molar-refractivity contribution in [3.05, 3.63) is 70.7 Å². The van der Waals surface area contributed by atoms with Crippen LogP contribution >= 0.6 is 0 Å². The minimum Gasteiger partial charge on any atom is -0.344 e. The third-order valence-corrected chi connectivity index (χ3v) is 6.89. The second kappa shape index (κ2) is 5.58. The normalized spacial score (nSPS) is 14.2. The molecule has 4 aromatic rings. The lowest BCUT2D eigenvalue weighted by Crippen LogP contribution is -2.34. The number of benzene rings is 3. The molecule has 0 saturated heterocycles. The van der Waals surface area contributed by atoms with E-state index in [-0.39, 0.29) is 0 Å². The minimum atomic E-state index is 0.703. The molecule has 140 valence electrons. The van der Waals surface area contributed by atoms with E-state index in [4.69, 9.17) is 6.57 Å². The molecule has 1 aliphatic carbocycles. The van der Waals surface area contributed by atoms with Crippen molar-refractivity contribution in [3.8, 4) is 11.3 Å². The predicted molar refractivity (Wildman–Crippen MR) is 119 cm³/mol. The SMILES string of the molecule is [C-]#[N+]c1cc2c3c([n+](C)ccc3c1)-c1c(c3c4c(cccc4c1C)CCC3)N2C. The standard InChI is InChI=1S/C26H22N3/c1-15-19-9-5-7-16-8-6-10-20(23(16)19)25-22(15)26-24-17(11-12-28(26)3)13-18(27-2)14-21(24)29(25)4/h5,7,9,11-14H,6,8,10H2,1,3-4H3/q+1. The molecule has 0 atom stereocenters. The van der Waals surface area contributed by atoms with Crippen molar-refractivity contribution in [2.75, 3.05) is 11.9 Å². The minimum absolute atomic E-state index is 0.703. The van der Waals surface area contributed by atoms with Gasteiger partial charge in [-0.25, -0.2) is 9.41 Å². The summed E-state index contributed by atoms with van der Waals surface area (Å²) < 4.78 is 2.26. The van der Waals surface area contributed by atoms with Crippen LogP contribution in [0.3, 0.4) is 0 Å². The van der Waals surface area contributed by atoms with Gasteiger partial charge in [0, 0.05) is 18.8 Å². The molecule has 0 N–H and O–H groups in total. The molecule has 0 radical (unpaired) electrons. The number of aryl methyl sites for hydroxylation is 4. The summed E-state index contributed by atoms with van der Waals surface area (Å²) in [4.78, 5) is 6.10. The lowest BCUT2D eigenvalue weighted by atomic mass is 9.80. The molecular weight excluding hydrogens is 354 g/mol. The van der Waals surface area contributed by atoms with E-state index >= 15 is 0 Å². The lowest BCUT2D eigenvalue weighted by Gasteiger charge is -2.34. The zero-order valence-electron chi connectivity index (χ0n) is 17.0. The molecule has 3 nitrogen and oxygen atoms in total. The molecule has 6 rings (SSSR count). The molecule has 0 bridgehead atoms. The molecule has 0 saturated carbocycles. The summed E-state index contributed by atoms with van der Waals surface area (Å²) in [7, 11) is 4.32. The summed E-state index contributed by atoms with van der Waals surface area (Å²) in [6.07, 6.45) is 5.60. The Morgan fingerprint density at radius 2 is 1.97 bits per heavy atom. The van der Waals surface area contributed by atoms with Crippen molar-refractivity contribution >= 4 is 38.6 Å². The lowest BCUT2D eigenvalue weighted by molar-refractivity contribution is -0.659. The number of aromatic nitrogens is 1. The van der Waals surface area contributed by atoms with E-state index in [0.29, 0.717) is 5.69 Å². The third-order valence-electron chi connectivity index (χ3n) is 6.89. The van der Waals surface area contributed by atoms with Gasteiger partial charge in [-0.05, 0) is 71.2 Å². The van der Waals surface area contributed by atoms with Gasteiger partial charge in [0.1, 0.15) is 7.05 Å². The predicted octanol–water partition coefficient (Wildman–Crippen LogP) is 5.91. The summed E-state index contributed by atoms with van der Waals surface area (Å²) in [5, 5.41) is 5.24. The fourth-order valence-corrected chi connectivity index (χ4v) is 5.63. The van der Waals surface area contributed by atoms with Crippen LogP contribution in [0.5, 0.6) is 0 Å². The van der Waals surface area contributed by atoms with Crippen LogP contribution in [-0.4, -0.2) is 7.05 Å². The van der Waals surface area contributed by atoms with Gasteiger partial charge in [-0.15, -0.1) is 0 Å². The van der Waals surface area contributed by atoms with Crippen molar-refractivity contribution in [1.29, 1.82) is 0 Å². The van der Waals surface area contributed by atoms with Gasteiger partial charge in [0.05, 0.1) is 23.2 Å². The van der Waals surface area contributed by atoms with Crippen LogP contribution in [0.15, 0.2) is 42.6 Å². The highest BCUT2D eigenvalue weighted by molar-refractivity contribution is 6.15. The van der Waals surface area contributed by atoms with Gasteiger partial charge in [0.25, 0.3) is 0 Å². The van der Waals surface area contributed by atoms with Gasteiger partial charge >= 0.3 is 0 Å². The Kier molecular flexibility index (Phi) is 3.19. The first-order valence-electron chi connectivity index (χ1n) is 10.2. The van der Waals surface area contributed by atoms with E-state index in [1.165, 1.54) is 56.2 Å². The molecule has 0 fully saturated rings. The molecule has 0 spiro atoms. The number of anilines is 2. The highest BCUT2D eigenvalue weighted by Gasteiger charge is 2.34. The highest BCUT2D eigenvalue weighted by atomic mass is 15.1. The molecule has 1 aliphatic heterocycles. The van der Waals surface area contributed by atoms with E-state index in [9.17, 15) is 0 Å². The first kappa shape index (κ1) is 16.6. The van der Waals surface area contributed by atoms with E-state index in [2.05, 4.69) is 71.9 Å². The van der Waals surface area contributed by atoms with Crippen molar-refractivity contribution in [3.63, 3.8) is 0 Å². The number of fused-ring (bicyclic) bond motifs is 3. The fraction of sp³-hybridized carbons (Fsp3) is 0.231. The topological polar surface area (TPSA) is 11.5 Å². The quantitative estimate of drug-likeness (QED) is 0.274. The van der Waals surface area contributed by atoms with Crippen molar-refractivity contribution in [1.82, 2.24) is 0 Å². The van der Waals surface area contributed by atoms with Crippen LogP contribution in [0, 0.1) is 13.5 Å². The Hall–Kier alpha value is -3.38. The second-order valence-electron chi connectivity index (χ2n) is 8.40. The average molecular weight is 376 g/mol. The van der Waals surface area contributed by atoms with E-state index in [0.717, 1.165) is 23.9 Å². The maximum atomic E-state index is 7.57. The largest absolute Gasteiger partial charge is 0.344 e. The van der Waals surface area contributed by atoms with Gasteiger partial charge < -0.3 is 4.90 Å². The maximum Gasteiger partial charge on any atom is 0.224 e. The number of rotatable bonds is 0. The van der Waals surface area contributed by atoms with Crippen LogP contribution < -0.4 is 9.47 Å². The van der Waals surface area contributed by atoms with Crippen LogP contribution in [0.25, 0.3) is 37.6 Å². The first-order chi connectivity index (χ1) is 14.1. The van der Waals surface area contributed by atoms with Crippen molar-refractivity contribution in [2.24, 2.45) is 7.05 Å². The van der Waals surface area contributed by atoms with Crippen molar-refractivity contribution < 1.29 is 4.57 Å². The smallest absolute Gasteiger partial charge is 0.224 e. The summed E-state index contributed by atoms with van der Waals surface area (Å²) >= 11 is 0. The summed E-state index contributed by atoms with van der Waals surface area (Å²) in [6.45, 7) is 9.85. The van der Waals surface area contributed by atoms with E-state index < -0.39 is 0 Å². The van der Waals surface area contributed by atoms with E-state index in [1.54, 1.807) is 0 Å². The summed E-state index contributed by atoms with van der Waals surface area (Å²) in [6, 6.07) is 13.0. The van der Waals surface area contributed by atoms with Crippen LogP contribution in [-0.2, 0) is 19.9 Å². The zero-order chi connectivity index (χ0) is 19.9. The monoisotopic (exact) mass is 376 g/mol. The van der Waals surface area contributed by atoms with Crippen LogP contribution in [0.1, 0.15) is 23.1 Å². The van der Waals surface area contributed by atoms with Gasteiger partial charge in [-0.3, -0.25) is 0 Å². The molecular formula is C26H22N3+. The number of hydrogen-bond donors (Lipinski definition) is 0. The van der Waals surface area contributed by atoms with Crippen LogP contribution in [0.4, 0.5) is 17.1 Å². The van der Waals surface area contributed by atoms with Gasteiger partial charge in [0.15, 0.2) is 11.9 Å². The molecule has 2 heterocycles. The molecule has 1 aromatic heterocycles. The summed E-state index contributed by atoms with van der Waals surface area (Å²) in [5.74, 6) is 0. The Bertz CT molecular complexity index is 1420. The Balaban J connectivity index is 1.89. The number of nitrogens with zero attached hydrogens (tertiary/aromatic N) is 3. The third kappa shape index (κ3) is 1.99. The summed E-state index contributed by atoms with van der Waals surface area (Å²) in [5.41, 5.74) is 10.1. The van der Waals surface area contributed by atoms with Gasteiger partial charge in [0.2, 0.25) is 5.69 Å². The molecule has 2 aliphatic rings. The second-order valence-corrected chi connectivity index (χ2v) is 8.40. The maximum absolute atomic E-state index is 7.57. The highest BCUT2D eigenvalue weighted by Crippen LogP contribution is 2.53. The molecule has 29 heavy (non-hydrogen) atoms. The number of hydrogen-bond acceptors (Lipinski definition) is 1. The zero-order valence-corrected chi connectivity index (χ0v) is 17.0. The molecule has 0 amide bonds. The Labute approximate surface area is 170 Å². The average Bonchev–Trinajstić information content (AvgIpc) is 2.75. The van der Waals surface area contributed by atoms with Crippen molar-refractivity contribution in [2.45, 2.75) is 26.2 Å². The number of pyridine rings is 1. The van der Waals surface area contributed by atoms with E-state index in [1.807, 2.05) is 6.07 Å². The Morgan fingerprint density at radius 1 is 1.10 bits per heavy atom. The van der Waals surface area contributed by atoms with Gasteiger partial charge in [-0.2, -0.15) is 0 Å².